The molecule has 0 radical (unpaired) electrons. The maximum Gasteiger partial charge on any atom is 0.240 e. The fourth-order valence-corrected chi connectivity index (χ4v) is 3.77. The summed E-state index contributed by atoms with van der Waals surface area (Å²) in [6.45, 7) is 3.98. The number of aryl methyl sites for hydroxylation is 2. The van der Waals surface area contributed by atoms with Gasteiger partial charge in [0.1, 0.15) is 0 Å². The molecule has 0 atom stereocenters. The number of nitrogens with zero attached hydrogens (tertiary/aromatic N) is 1. The van der Waals surface area contributed by atoms with Crippen molar-refractivity contribution >= 4 is 21.4 Å². The highest BCUT2D eigenvalue weighted by Gasteiger charge is 2.15. The molecule has 6 heteroatoms. The van der Waals surface area contributed by atoms with Gasteiger partial charge in [-0.25, -0.2) is 13.1 Å². The molecule has 0 aliphatic rings. The van der Waals surface area contributed by atoms with Crippen LogP contribution in [0.3, 0.4) is 0 Å². The average Bonchev–Trinajstić information content (AvgIpc) is 2.82. The smallest absolute Gasteiger partial charge is 0.207 e. The summed E-state index contributed by atoms with van der Waals surface area (Å²) >= 11 is 1.56. The second-order valence-corrected chi connectivity index (χ2v) is 7.56. The quantitative estimate of drug-likeness (QED) is 0.944. The third kappa shape index (κ3) is 3.25. The predicted octanol–water partition coefficient (Wildman–Crippen LogP) is 2.72. The van der Waals surface area contributed by atoms with Crippen LogP contribution in [0.1, 0.15) is 20.9 Å². The van der Waals surface area contributed by atoms with Crippen LogP contribution in [0.2, 0.25) is 0 Å². The fourth-order valence-electron chi connectivity index (χ4n) is 1.76. The van der Waals surface area contributed by atoms with Gasteiger partial charge in [0.05, 0.1) is 16.5 Å². The molecule has 104 valence electrons. The Kier molecular flexibility index (Phi) is 4.23. The zero-order valence-electron chi connectivity index (χ0n) is 11.2. The number of thiophene rings is 1. The minimum Gasteiger partial charge on any atom is -0.207 e. The van der Waals surface area contributed by atoms with Crippen LogP contribution in [-0.2, 0) is 16.6 Å². The summed E-state index contributed by atoms with van der Waals surface area (Å²) in [5.74, 6) is 0. The Bertz CT molecular complexity index is 771. The molecular weight excluding hydrogens is 292 g/mol. The van der Waals surface area contributed by atoms with E-state index in [1.807, 2.05) is 25.1 Å². The van der Waals surface area contributed by atoms with E-state index in [9.17, 15) is 8.42 Å². The van der Waals surface area contributed by atoms with Gasteiger partial charge in [0.25, 0.3) is 0 Å². The largest absolute Gasteiger partial charge is 0.240 e. The SMILES string of the molecule is Cc1ccc(CNS(=O)(=O)c2ccc(C#N)c(C)c2)s1. The van der Waals surface area contributed by atoms with Gasteiger partial charge in [-0.2, -0.15) is 5.26 Å². The van der Waals surface area contributed by atoms with Crippen molar-refractivity contribution in [2.45, 2.75) is 25.3 Å². The minimum atomic E-state index is -3.55. The van der Waals surface area contributed by atoms with Crippen molar-refractivity contribution in [2.75, 3.05) is 0 Å². The number of nitriles is 1. The number of sulfonamides is 1. The third-order valence-electron chi connectivity index (χ3n) is 2.86. The summed E-state index contributed by atoms with van der Waals surface area (Å²) in [4.78, 5) is 2.30. The van der Waals surface area contributed by atoms with E-state index in [2.05, 4.69) is 4.72 Å². The molecule has 1 aromatic heterocycles. The van der Waals surface area contributed by atoms with E-state index >= 15 is 0 Å². The van der Waals surface area contributed by atoms with Crippen LogP contribution in [-0.4, -0.2) is 8.42 Å². The summed E-state index contributed by atoms with van der Waals surface area (Å²) in [5.41, 5.74) is 1.14. The molecule has 0 unspecified atom stereocenters. The molecule has 0 spiro atoms. The highest BCUT2D eigenvalue weighted by atomic mass is 32.2. The lowest BCUT2D eigenvalue weighted by Gasteiger charge is -2.07. The number of hydrogen-bond acceptors (Lipinski definition) is 4. The van der Waals surface area contributed by atoms with Crippen molar-refractivity contribution in [2.24, 2.45) is 0 Å². The molecule has 1 N–H and O–H groups in total. The second kappa shape index (κ2) is 5.75. The Morgan fingerprint density at radius 2 is 2.00 bits per heavy atom. The maximum atomic E-state index is 12.2. The molecule has 0 fully saturated rings. The van der Waals surface area contributed by atoms with Crippen molar-refractivity contribution in [3.63, 3.8) is 0 Å². The lowest BCUT2D eigenvalue weighted by Crippen LogP contribution is -2.22. The Balaban J connectivity index is 2.18. The molecule has 2 aromatic rings. The Morgan fingerprint density at radius 3 is 2.55 bits per heavy atom. The number of nitrogens with one attached hydrogen (secondary N) is 1. The first-order valence-electron chi connectivity index (χ1n) is 5.98. The van der Waals surface area contributed by atoms with E-state index in [1.54, 1.807) is 18.3 Å². The fraction of sp³-hybridized carbons (Fsp3) is 0.214. The molecule has 0 amide bonds. The van der Waals surface area contributed by atoms with Crippen LogP contribution in [0.25, 0.3) is 0 Å². The van der Waals surface area contributed by atoms with Gasteiger partial charge < -0.3 is 0 Å². The van der Waals surface area contributed by atoms with E-state index in [0.29, 0.717) is 11.1 Å². The summed E-state index contributed by atoms with van der Waals surface area (Å²) in [5, 5.41) is 8.85. The number of rotatable bonds is 4. The van der Waals surface area contributed by atoms with E-state index in [1.165, 1.54) is 18.2 Å². The highest BCUT2D eigenvalue weighted by Crippen LogP contribution is 2.17. The first-order valence-corrected chi connectivity index (χ1v) is 8.28. The molecule has 1 heterocycles. The van der Waals surface area contributed by atoms with Gasteiger partial charge in [0.15, 0.2) is 0 Å². The van der Waals surface area contributed by atoms with Gasteiger partial charge in [-0.05, 0) is 49.7 Å². The summed E-state index contributed by atoms with van der Waals surface area (Å²) in [6, 6.07) is 10.4. The van der Waals surface area contributed by atoms with E-state index in [0.717, 1.165) is 9.75 Å². The topological polar surface area (TPSA) is 70.0 Å². The summed E-state index contributed by atoms with van der Waals surface area (Å²) in [6.07, 6.45) is 0. The lowest BCUT2D eigenvalue weighted by atomic mass is 10.1. The minimum absolute atomic E-state index is 0.183. The lowest BCUT2D eigenvalue weighted by molar-refractivity contribution is 0.581. The van der Waals surface area contributed by atoms with E-state index < -0.39 is 10.0 Å². The normalized spacial score (nSPS) is 11.2. The zero-order valence-corrected chi connectivity index (χ0v) is 12.8. The van der Waals surface area contributed by atoms with Crippen LogP contribution in [0, 0.1) is 25.2 Å². The summed E-state index contributed by atoms with van der Waals surface area (Å²) < 4.78 is 26.9. The van der Waals surface area contributed by atoms with Crippen molar-refractivity contribution in [3.8, 4) is 6.07 Å². The first kappa shape index (κ1) is 14.7. The van der Waals surface area contributed by atoms with Crippen LogP contribution in [0.5, 0.6) is 0 Å². The molecule has 0 aliphatic heterocycles. The molecular formula is C14H14N2O2S2. The molecule has 2 rings (SSSR count). The maximum absolute atomic E-state index is 12.2. The molecule has 0 saturated carbocycles. The predicted molar refractivity (Wildman–Crippen MR) is 79.0 cm³/mol. The molecule has 0 saturated heterocycles. The molecule has 20 heavy (non-hydrogen) atoms. The van der Waals surface area contributed by atoms with Crippen molar-refractivity contribution in [1.29, 1.82) is 5.26 Å². The van der Waals surface area contributed by atoms with Crippen LogP contribution >= 0.6 is 11.3 Å². The first-order chi connectivity index (χ1) is 9.42. The molecule has 1 aromatic carbocycles. The number of hydrogen-bond donors (Lipinski definition) is 1. The number of benzene rings is 1. The molecule has 0 bridgehead atoms. The standard InChI is InChI=1S/C14H14N2O2S2/c1-10-7-14(6-4-12(10)8-15)20(17,18)16-9-13-5-3-11(2)19-13/h3-7,16H,9H2,1-2H3. The van der Waals surface area contributed by atoms with E-state index in [-0.39, 0.29) is 11.4 Å². The highest BCUT2D eigenvalue weighted by molar-refractivity contribution is 7.89. The van der Waals surface area contributed by atoms with Crippen LogP contribution in [0.15, 0.2) is 35.2 Å². The van der Waals surface area contributed by atoms with Crippen molar-refractivity contribution < 1.29 is 8.42 Å². The third-order valence-corrected chi connectivity index (χ3v) is 5.26. The van der Waals surface area contributed by atoms with Crippen molar-refractivity contribution in [3.05, 3.63) is 51.2 Å². The summed E-state index contributed by atoms with van der Waals surface area (Å²) in [7, 11) is -3.55. The van der Waals surface area contributed by atoms with Gasteiger partial charge >= 0.3 is 0 Å². The van der Waals surface area contributed by atoms with Gasteiger partial charge in [0, 0.05) is 16.3 Å². The van der Waals surface area contributed by atoms with Crippen LogP contribution in [0.4, 0.5) is 0 Å². The van der Waals surface area contributed by atoms with E-state index in [4.69, 9.17) is 5.26 Å². The van der Waals surface area contributed by atoms with Crippen LogP contribution < -0.4 is 4.72 Å². The zero-order chi connectivity index (χ0) is 14.8. The van der Waals surface area contributed by atoms with Gasteiger partial charge in [-0.1, -0.05) is 0 Å². The monoisotopic (exact) mass is 306 g/mol. The average molecular weight is 306 g/mol. The Labute approximate surface area is 122 Å². The molecule has 4 nitrogen and oxygen atoms in total. The molecule has 0 aliphatic carbocycles. The Morgan fingerprint density at radius 1 is 1.25 bits per heavy atom. The van der Waals surface area contributed by atoms with Gasteiger partial charge in [-0.3, -0.25) is 0 Å². The van der Waals surface area contributed by atoms with Gasteiger partial charge in [-0.15, -0.1) is 11.3 Å². The second-order valence-electron chi connectivity index (χ2n) is 4.43. The van der Waals surface area contributed by atoms with Gasteiger partial charge in [0.2, 0.25) is 10.0 Å². The van der Waals surface area contributed by atoms with Crippen molar-refractivity contribution in [1.82, 2.24) is 4.72 Å². The Hall–Kier alpha value is -1.68.